The van der Waals surface area contributed by atoms with Crippen LogP contribution in [-0.2, 0) is 19.4 Å². The van der Waals surface area contributed by atoms with E-state index in [0.717, 1.165) is 19.3 Å². The molecule has 0 saturated heterocycles. The summed E-state index contributed by atoms with van der Waals surface area (Å²) in [6.45, 7) is 12.2. The molecule has 0 radical (unpaired) electrons. The fraction of sp³-hybridized carbons (Fsp3) is 1.00. The van der Waals surface area contributed by atoms with E-state index in [4.69, 9.17) is 0 Å². The summed E-state index contributed by atoms with van der Waals surface area (Å²) in [5, 5.41) is 29.6. The summed E-state index contributed by atoms with van der Waals surface area (Å²) in [6.07, 6.45) is 3.05. The first-order valence-electron chi connectivity index (χ1n) is 7.36. The van der Waals surface area contributed by atoms with Gasteiger partial charge in [0, 0.05) is 0 Å². The summed E-state index contributed by atoms with van der Waals surface area (Å²) in [7, 11) is 4.64. The number of hydrogen-bond donors (Lipinski definition) is 0. The van der Waals surface area contributed by atoms with E-state index >= 15 is 0 Å². The monoisotopic (exact) mass is 344 g/mol. The van der Waals surface area contributed by atoms with Gasteiger partial charge in [-0.3, -0.25) is 0 Å². The van der Waals surface area contributed by atoms with E-state index in [1.54, 1.807) is 0 Å². The minimum absolute atomic E-state index is 0.0799. The Bertz CT molecular complexity index is 105. The van der Waals surface area contributed by atoms with Crippen molar-refractivity contribution in [3.05, 3.63) is 0 Å². The molecule has 3 unspecified atom stereocenters. The molecule has 0 aliphatic rings. The van der Waals surface area contributed by atoms with Gasteiger partial charge in [0.25, 0.3) is 0 Å². The van der Waals surface area contributed by atoms with Crippen LogP contribution in [0.1, 0.15) is 60.8 Å². The third-order valence-corrected chi connectivity index (χ3v) is 2.94. The second-order valence-corrected chi connectivity index (χ2v) is 5.04. The molecule has 0 aliphatic carbocycles. The fourth-order valence-corrected chi connectivity index (χ4v) is 0.354. The summed E-state index contributed by atoms with van der Waals surface area (Å²) in [4.78, 5) is 0. The van der Waals surface area contributed by atoms with Gasteiger partial charge in [-0.2, -0.15) is 0 Å². The first-order chi connectivity index (χ1) is 9.42. The molecule has 122 valence electrons. The predicted octanol–water partition coefficient (Wildman–Crippen LogP) is 1.87. The first-order valence-corrected chi connectivity index (χ1v) is 9.51. The molecule has 0 fully saturated rings. The van der Waals surface area contributed by atoms with Crippen molar-refractivity contribution in [2.45, 2.75) is 60.8 Å². The van der Waals surface area contributed by atoms with Gasteiger partial charge in [0.05, 0.1) is 0 Å². The van der Waals surface area contributed by atoms with Crippen LogP contribution in [0.2, 0.25) is 0 Å². The van der Waals surface area contributed by atoms with Crippen LogP contribution >= 0.6 is 9.30 Å². The minimum atomic E-state index is 0.0799. The molecule has 5 heteroatoms. The second kappa shape index (κ2) is 28.1. The Hall–Kier alpha value is 0.884. The Morgan fingerprint density at radius 3 is 0.800 bits per heavy atom. The van der Waals surface area contributed by atoms with Crippen molar-refractivity contribution in [2.75, 3.05) is 19.8 Å². The van der Waals surface area contributed by atoms with Gasteiger partial charge in [-0.25, -0.2) is 0 Å². The normalized spacial score (nSPS) is 13.4. The number of halogens is 1. The topological polar surface area (TPSA) is 69.2 Å². The molecule has 0 heterocycles. The van der Waals surface area contributed by atoms with Gasteiger partial charge in [0.15, 0.2) is 0 Å². The Labute approximate surface area is 142 Å². The summed E-state index contributed by atoms with van der Waals surface area (Å²) < 4.78 is 0. The average molecular weight is 345 g/mol. The molecule has 0 aromatic carbocycles. The van der Waals surface area contributed by atoms with Gasteiger partial charge in [-0.05, 0) is 0 Å². The van der Waals surface area contributed by atoms with Crippen LogP contribution < -0.4 is 15.3 Å². The van der Waals surface area contributed by atoms with Crippen LogP contribution in [0.25, 0.3) is 0 Å². The molecule has 0 aromatic rings. The van der Waals surface area contributed by atoms with E-state index in [-0.39, 0.29) is 19.8 Å². The van der Waals surface area contributed by atoms with Gasteiger partial charge in [0.2, 0.25) is 0 Å². The number of rotatable bonds is 6. The van der Waals surface area contributed by atoms with E-state index in [0.29, 0.717) is 17.8 Å². The van der Waals surface area contributed by atoms with Gasteiger partial charge in [-0.15, -0.1) is 19.8 Å². The van der Waals surface area contributed by atoms with E-state index < -0.39 is 0 Å². The molecule has 0 amide bonds. The molecule has 20 heavy (non-hydrogen) atoms. The average Bonchev–Trinajstić information content (AvgIpc) is 2.55. The van der Waals surface area contributed by atoms with Crippen LogP contribution in [0.5, 0.6) is 0 Å². The van der Waals surface area contributed by atoms with Crippen molar-refractivity contribution in [2.24, 2.45) is 17.8 Å². The van der Waals surface area contributed by atoms with Crippen molar-refractivity contribution >= 4 is 9.30 Å². The standard InChI is InChI=1S/3C5H11O.ClH.Ti/c3*1-3-5(2)4-6;;/h3*5H,3-4H2,1-2H3;1H;/q3*-1;;+4/p-1. The van der Waals surface area contributed by atoms with E-state index in [1.807, 2.05) is 41.5 Å². The molecule has 0 bridgehead atoms. The summed E-state index contributed by atoms with van der Waals surface area (Å²) in [6, 6.07) is 0. The molecular weight excluding hydrogens is 311 g/mol. The zero-order valence-electron chi connectivity index (χ0n) is 14.1. The third kappa shape index (κ3) is 36.4. The Kier molecular flexibility index (Phi) is 40.7. The molecular formula is C15H33ClO3Ti. The molecule has 3 atom stereocenters. The summed E-state index contributed by atoms with van der Waals surface area (Å²) in [5.41, 5.74) is 0. The van der Waals surface area contributed by atoms with Crippen molar-refractivity contribution in [1.29, 1.82) is 0 Å². The third-order valence-electron chi connectivity index (χ3n) is 2.94. The summed E-state index contributed by atoms with van der Waals surface area (Å²) in [5.74, 6) is 1.14. The Morgan fingerprint density at radius 2 is 0.800 bits per heavy atom. The molecule has 0 aliphatic heterocycles. The van der Waals surface area contributed by atoms with Crippen LogP contribution in [0, 0.1) is 17.8 Å². The zero-order valence-corrected chi connectivity index (χ0v) is 16.4. The quantitative estimate of drug-likeness (QED) is 0.691. The fourth-order valence-electron chi connectivity index (χ4n) is 0.354. The SMILES string of the molecule is CCC(C)C[O-].CCC(C)C[O-].CCC(C)C[O-].[Cl][Ti+3]. The Balaban J connectivity index is -0.0000000902. The zero-order chi connectivity index (χ0) is 17.0. The molecule has 0 N–H and O–H groups in total. The van der Waals surface area contributed by atoms with Gasteiger partial charge in [-0.1, -0.05) is 78.6 Å². The predicted molar refractivity (Wildman–Crippen MR) is 78.8 cm³/mol. The number of hydrogen-bond acceptors (Lipinski definition) is 3. The molecule has 0 spiro atoms. The van der Waals surface area contributed by atoms with Crippen LogP contribution in [-0.4, -0.2) is 19.8 Å². The summed E-state index contributed by atoms with van der Waals surface area (Å²) >= 11 is 1.47. The van der Waals surface area contributed by atoms with Crippen molar-refractivity contribution in [3.8, 4) is 0 Å². The van der Waals surface area contributed by atoms with Crippen LogP contribution in [0.15, 0.2) is 0 Å². The molecule has 0 saturated carbocycles. The maximum atomic E-state index is 9.86. The van der Waals surface area contributed by atoms with E-state index in [1.165, 1.54) is 19.4 Å². The van der Waals surface area contributed by atoms with Gasteiger partial charge >= 0.3 is 28.7 Å². The van der Waals surface area contributed by atoms with E-state index in [9.17, 15) is 15.3 Å². The van der Waals surface area contributed by atoms with Gasteiger partial charge < -0.3 is 15.3 Å². The van der Waals surface area contributed by atoms with E-state index in [2.05, 4.69) is 9.30 Å². The van der Waals surface area contributed by atoms with Crippen molar-refractivity contribution in [1.82, 2.24) is 0 Å². The van der Waals surface area contributed by atoms with Crippen LogP contribution in [0.3, 0.4) is 0 Å². The van der Waals surface area contributed by atoms with Crippen molar-refractivity contribution < 1.29 is 34.7 Å². The Morgan fingerprint density at radius 1 is 0.650 bits per heavy atom. The van der Waals surface area contributed by atoms with Crippen LogP contribution in [0.4, 0.5) is 0 Å². The van der Waals surface area contributed by atoms with Crippen molar-refractivity contribution in [3.63, 3.8) is 0 Å². The first kappa shape index (κ1) is 29.0. The van der Waals surface area contributed by atoms with Gasteiger partial charge in [0.1, 0.15) is 0 Å². The maximum absolute atomic E-state index is 9.86. The molecule has 0 rings (SSSR count). The second-order valence-electron chi connectivity index (χ2n) is 5.04. The molecule has 0 aromatic heterocycles. The molecule has 3 nitrogen and oxygen atoms in total.